The van der Waals surface area contributed by atoms with Crippen LogP contribution in [0.15, 0.2) is 42.7 Å². The van der Waals surface area contributed by atoms with Gasteiger partial charge in [0.05, 0.1) is 48.1 Å². The third-order valence-electron chi connectivity index (χ3n) is 4.76. The third-order valence-corrected chi connectivity index (χ3v) is 4.76. The number of aromatic nitrogens is 5. The van der Waals surface area contributed by atoms with Crippen molar-refractivity contribution >= 4 is 23.1 Å². The number of nitrogens with one attached hydrogen (secondary N) is 1. The van der Waals surface area contributed by atoms with Gasteiger partial charge < -0.3 is 9.47 Å². The summed E-state index contributed by atoms with van der Waals surface area (Å²) in [7, 11) is 1.87. The van der Waals surface area contributed by atoms with E-state index < -0.39 is 0 Å². The van der Waals surface area contributed by atoms with Crippen molar-refractivity contribution in [3.05, 3.63) is 54.0 Å². The van der Waals surface area contributed by atoms with Crippen LogP contribution in [-0.2, 0) is 7.05 Å². The molecule has 1 aromatic carbocycles. The Morgan fingerprint density at radius 2 is 1.96 bits per heavy atom. The minimum atomic E-state index is 0.543. The molecule has 0 amide bonds. The summed E-state index contributed by atoms with van der Waals surface area (Å²) in [5.74, 6) is 1.54. The van der Waals surface area contributed by atoms with Gasteiger partial charge in [0.15, 0.2) is 0 Å². The molecule has 0 fully saturated rings. The number of rotatable bonds is 0. The number of nitrogens with zero attached hydrogens (tertiary/aromatic N) is 4. The van der Waals surface area contributed by atoms with Gasteiger partial charge in [0.25, 0.3) is 0 Å². The molecule has 0 saturated carbocycles. The second-order valence-corrected chi connectivity index (χ2v) is 6.63. The molecule has 0 atom stereocenters. The Hall–Kier alpha value is -3.61. The van der Waals surface area contributed by atoms with Crippen LogP contribution in [0.5, 0.6) is 11.6 Å². The number of pyridine rings is 1. The predicted molar refractivity (Wildman–Crippen MR) is 107 cm³/mol. The Morgan fingerprint density at radius 3 is 2.93 bits per heavy atom. The number of benzene rings is 1. The molecule has 4 heterocycles. The summed E-state index contributed by atoms with van der Waals surface area (Å²) in [6.45, 7) is 1.10. The lowest BCUT2D eigenvalue weighted by Crippen LogP contribution is -2.08. The fourth-order valence-electron chi connectivity index (χ4n) is 3.33. The highest BCUT2D eigenvalue weighted by Gasteiger charge is 2.13. The molecule has 7 heteroatoms. The van der Waals surface area contributed by atoms with Crippen LogP contribution in [0.3, 0.4) is 0 Å². The first kappa shape index (κ1) is 16.6. The van der Waals surface area contributed by atoms with Gasteiger partial charge in [-0.3, -0.25) is 10.1 Å². The van der Waals surface area contributed by atoms with E-state index in [1.807, 2.05) is 55.7 Å². The summed E-state index contributed by atoms with van der Waals surface area (Å²) in [5.41, 5.74) is 4.44. The Bertz CT molecular complexity index is 1170. The highest BCUT2D eigenvalue weighted by atomic mass is 16.5. The number of aryl methyl sites for hydroxylation is 1. The van der Waals surface area contributed by atoms with Crippen LogP contribution in [0.4, 0.5) is 0 Å². The Kier molecular flexibility index (Phi) is 4.05. The monoisotopic (exact) mass is 373 g/mol. The molecule has 1 N–H and O–H groups in total. The summed E-state index contributed by atoms with van der Waals surface area (Å²) < 4.78 is 13.7. The first-order valence-corrected chi connectivity index (χ1v) is 9.19. The molecule has 28 heavy (non-hydrogen) atoms. The molecule has 5 rings (SSSR count). The highest BCUT2D eigenvalue weighted by Crippen LogP contribution is 2.31. The predicted octanol–water partition coefficient (Wildman–Crippen LogP) is 3.69. The summed E-state index contributed by atoms with van der Waals surface area (Å²) in [6.07, 6.45) is 8.30. The van der Waals surface area contributed by atoms with E-state index in [0.29, 0.717) is 13.2 Å². The van der Waals surface area contributed by atoms with Gasteiger partial charge in [-0.1, -0.05) is 12.1 Å². The van der Waals surface area contributed by atoms with Crippen LogP contribution in [0.25, 0.3) is 34.3 Å². The van der Waals surface area contributed by atoms with Crippen molar-refractivity contribution in [3.8, 4) is 22.9 Å². The number of aromatic amines is 1. The maximum atomic E-state index is 6.03. The van der Waals surface area contributed by atoms with E-state index in [2.05, 4.69) is 20.3 Å². The van der Waals surface area contributed by atoms with Crippen molar-refractivity contribution in [2.24, 2.45) is 7.05 Å². The lowest BCUT2D eigenvalue weighted by molar-refractivity contribution is 0.236. The van der Waals surface area contributed by atoms with E-state index in [4.69, 9.17) is 9.47 Å². The molecular formula is C21H19N5O2. The Morgan fingerprint density at radius 1 is 1.07 bits per heavy atom. The van der Waals surface area contributed by atoms with Gasteiger partial charge in [0.1, 0.15) is 5.75 Å². The number of ether oxygens (including phenoxy) is 2. The van der Waals surface area contributed by atoms with Crippen molar-refractivity contribution in [2.45, 2.75) is 6.42 Å². The minimum absolute atomic E-state index is 0.543. The van der Waals surface area contributed by atoms with Gasteiger partial charge in [-0.25, -0.2) is 4.68 Å². The molecule has 4 aromatic rings. The molecule has 0 spiro atoms. The molecule has 3 aromatic heterocycles. The molecule has 0 aliphatic carbocycles. The molecule has 0 saturated heterocycles. The van der Waals surface area contributed by atoms with Gasteiger partial charge in [-0.05, 0) is 30.4 Å². The van der Waals surface area contributed by atoms with E-state index >= 15 is 0 Å². The number of para-hydroxylation sites is 1. The smallest absolute Gasteiger partial charge is 0.218 e. The molecule has 2 bridgehead atoms. The zero-order valence-electron chi connectivity index (χ0n) is 15.4. The highest BCUT2D eigenvalue weighted by molar-refractivity contribution is 5.91. The molecule has 1 aliphatic heterocycles. The number of hydrogen-bond donors (Lipinski definition) is 1. The number of hydrogen-bond acceptors (Lipinski definition) is 5. The average molecular weight is 373 g/mol. The van der Waals surface area contributed by atoms with Crippen LogP contribution in [0.2, 0.25) is 0 Å². The summed E-state index contributed by atoms with van der Waals surface area (Å²) in [5, 5.41) is 12.8. The van der Waals surface area contributed by atoms with Crippen LogP contribution in [-0.4, -0.2) is 38.2 Å². The maximum absolute atomic E-state index is 6.03. The fourth-order valence-corrected chi connectivity index (χ4v) is 3.33. The summed E-state index contributed by atoms with van der Waals surface area (Å²) >= 11 is 0. The van der Waals surface area contributed by atoms with Gasteiger partial charge >= 0.3 is 0 Å². The van der Waals surface area contributed by atoms with E-state index in [-0.39, 0.29) is 0 Å². The third kappa shape index (κ3) is 2.90. The van der Waals surface area contributed by atoms with Gasteiger partial charge in [-0.2, -0.15) is 10.2 Å². The molecule has 0 radical (unpaired) electrons. The summed E-state index contributed by atoms with van der Waals surface area (Å²) in [6, 6.07) is 9.99. The van der Waals surface area contributed by atoms with Crippen molar-refractivity contribution < 1.29 is 9.47 Å². The van der Waals surface area contributed by atoms with Crippen molar-refractivity contribution in [1.29, 1.82) is 0 Å². The normalized spacial score (nSPS) is 15.0. The van der Waals surface area contributed by atoms with Crippen LogP contribution in [0, 0.1) is 0 Å². The van der Waals surface area contributed by atoms with E-state index in [0.717, 1.165) is 51.5 Å². The van der Waals surface area contributed by atoms with Gasteiger partial charge in [-0.15, -0.1) is 0 Å². The van der Waals surface area contributed by atoms with Crippen LogP contribution >= 0.6 is 0 Å². The Labute approximate surface area is 161 Å². The molecular weight excluding hydrogens is 354 g/mol. The van der Waals surface area contributed by atoms with Crippen LogP contribution in [0.1, 0.15) is 17.7 Å². The minimum Gasteiger partial charge on any atom is -0.493 e. The average Bonchev–Trinajstić information content (AvgIpc) is 3.29. The van der Waals surface area contributed by atoms with Crippen molar-refractivity contribution in [1.82, 2.24) is 25.0 Å². The van der Waals surface area contributed by atoms with Crippen molar-refractivity contribution in [2.75, 3.05) is 13.2 Å². The van der Waals surface area contributed by atoms with Gasteiger partial charge in [0, 0.05) is 24.4 Å². The maximum Gasteiger partial charge on any atom is 0.218 e. The Balaban J connectivity index is 1.66. The zero-order chi connectivity index (χ0) is 18.9. The molecule has 0 unspecified atom stereocenters. The van der Waals surface area contributed by atoms with Gasteiger partial charge in [0.2, 0.25) is 5.88 Å². The fraction of sp³-hybridized carbons (Fsp3) is 0.190. The number of fused-ring (bicyclic) bond motifs is 4. The van der Waals surface area contributed by atoms with Crippen molar-refractivity contribution in [3.63, 3.8) is 0 Å². The first-order valence-electron chi connectivity index (χ1n) is 9.19. The zero-order valence-corrected chi connectivity index (χ0v) is 15.4. The molecule has 140 valence electrons. The lowest BCUT2D eigenvalue weighted by Gasteiger charge is -2.12. The number of H-pyrrole nitrogens is 1. The second kappa shape index (κ2) is 6.84. The van der Waals surface area contributed by atoms with E-state index in [1.54, 1.807) is 10.9 Å². The summed E-state index contributed by atoms with van der Waals surface area (Å²) in [4.78, 5) is 4.60. The largest absolute Gasteiger partial charge is 0.493 e. The second-order valence-electron chi connectivity index (χ2n) is 6.63. The van der Waals surface area contributed by atoms with E-state index in [1.165, 1.54) is 0 Å². The topological polar surface area (TPSA) is 77.9 Å². The molecule has 7 nitrogen and oxygen atoms in total. The SMILES string of the molecule is Cn1ncc2c1OCCCOc1ccccc1-c1cc3c(n[nH]c3cn1)/C=C/2. The lowest BCUT2D eigenvalue weighted by atomic mass is 10.1. The first-order chi connectivity index (χ1) is 13.8. The standard InChI is InChI=1S/C21H19N5O2/c1-26-21-14(12-23-26)7-8-17-16-11-18(22-13-19(16)25-24-17)15-5-2-3-6-20(15)27-9-4-10-28-21/h2-3,5-8,11-13H,4,9-10H2,1H3,(H,24,25)/b8-7+. The van der Waals surface area contributed by atoms with Crippen LogP contribution < -0.4 is 9.47 Å². The quantitative estimate of drug-likeness (QED) is 0.509. The molecule has 1 aliphatic rings. The van der Waals surface area contributed by atoms with E-state index in [9.17, 15) is 0 Å².